The third-order valence-electron chi connectivity index (χ3n) is 3.38. The number of anilines is 1. The second-order valence-corrected chi connectivity index (χ2v) is 4.74. The van der Waals surface area contributed by atoms with E-state index in [2.05, 4.69) is 9.97 Å². The van der Waals surface area contributed by atoms with Crippen molar-refractivity contribution in [2.75, 3.05) is 18.0 Å². The Hall–Kier alpha value is -2.21. The van der Waals surface area contributed by atoms with Crippen molar-refractivity contribution in [2.24, 2.45) is 11.7 Å². The minimum atomic E-state index is -0.204. The molecule has 1 amide bonds. The predicted octanol–water partition coefficient (Wildman–Crippen LogP) is 0.235. The molecule has 0 spiro atoms. The molecule has 1 atom stereocenters. The minimum absolute atomic E-state index is 0.0283. The first kappa shape index (κ1) is 11.9. The van der Waals surface area contributed by atoms with E-state index in [9.17, 15) is 9.59 Å². The highest BCUT2D eigenvalue weighted by Gasteiger charge is 2.30. The maximum atomic E-state index is 11.9. The lowest BCUT2D eigenvalue weighted by Crippen LogP contribution is -2.26. The summed E-state index contributed by atoms with van der Waals surface area (Å²) in [6, 6.07) is 6.79. The number of carbonyl (C=O) groups is 1. The SMILES string of the molecule is NCC1CC(=O)N(c2ccc3ccc(=O)[nH]c3n2)C1. The van der Waals surface area contributed by atoms with Gasteiger partial charge in [-0.15, -0.1) is 0 Å². The van der Waals surface area contributed by atoms with Gasteiger partial charge in [-0.25, -0.2) is 4.98 Å². The van der Waals surface area contributed by atoms with Gasteiger partial charge in [-0.1, -0.05) is 0 Å². The van der Waals surface area contributed by atoms with Crippen LogP contribution in [0.25, 0.3) is 11.0 Å². The van der Waals surface area contributed by atoms with E-state index < -0.39 is 0 Å². The number of carbonyl (C=O) groups excluding carboxylic acids is 1. The molecule has 6 nitrogen and oxygen atoms in total. The molecule has 2 aromatic rings. The minimum Gasteiger partial charge on any atom is -0.330 e. The smallest absolute Gasteiger partial charge is 0.249 e. The van der Waals surface area contributed by atoms with Gasteiger partial charge in [0.15, 0.2) is 0 Å². The van der Waals surface area contributed by atoms with Crippen LogP contribution in [0, 0.1) is 5.92 Å². The zero-order valence-electron chi connectivity index (χ0n) is 10.3. The average Bonchev–Trinajstić information content (AvgIpc) is 2.79. The molecule has 3 heterocycles. The van der Waals surface area contributed by atoms with E-state index in [4.69, 9.17) is 5.73 Å². The fraction of sp³-hybridized carbons (Fsp3) is 0.308. The van der Waals surface area contributed by atoms with Gasteiger partial charge in [-0.3, -0.25) is 14.5 Å². The molecule has 3 N–H and O–H groups in total. The number of aromatic amines is 1. The van der Waals surface area contributed by atoms with Crippen LogP contribution in [0.2, 0.25) is 0 Å². The van der Waals surface area contributed by atoms with Crippen molar-refractivity contribution in [3.63, 3.8) is 0 Å². The van der Waals surface area contributed by atoms with Crippen molar-refractivity contribution in [2.45, 2.75) is 6.42 Å². The van der Waals surface area contributed by atoms with E-state index in [0.29, 0.717) is 31.0 Å². The van der Waals surface area contributed by atoms with E-state index in [0.717, 1.165) is 5.39 Å². The lowest BCUT2D eigenvalue weighted by atomic mass is 10.1. The maximum Gasteiger partial charge on any atom is 0.249 e. The second-order valence-electron chi connectivity index (χ2n) is 4.74. The Morgan fingerprint density at radius 2 is 2.11 bits per heavy atom. The number of H-pyrrole nitrogens is 1. The summed E-state index contributed by atoms with van der Waals surface area (Å²) in [4.78, 5) is 31.8. The molecule has 0 saturated carbocycles. The molecule has 0 bridgehead atoms. The average molecular weight is 258 g/mol. The Labute approximate surface area is 109 Å². The molecule has 6 heteroatoms. The van der Waals surface area contributed by atoms with Crippen LogP contribution in [0.1, 0.15) is 6.42 Å². The van der Waals surface area contributed by atoms with Gasteiger partial charge < -0.3 is 10.7 Å². The second kappa shape index (κ2) is 4.47. The Morgan fingerprint density at radius 1 is 1.32 bits per heavy atom. The highest BCUT2D eigenvalue weighted by Crippen LogP contribution is 2.24. The van der Waals surface area contributed by atoms with Gasteiger partial charge in [0.1, 0.15) is 11.5 Å². The van der Waals surface area contributed by atoms with Crippen LogP contribution in [0.4, 0.5) is 5.82 Å². The fourth-order valence-corrected chi connectivity index (χ4v) is 2.33. The van der Waals surface area contributed by atoms with Gasteiger partial charge in [0.2, 0.25) is 11.5 Å². The van der Waals surface area contributed by atoms with Crippen molar-refractivity contribution in [3.05, 3.63) is 34.6 Å². The van der Waals surface area contributed by atoms with Gasteiger partial charge in [-0.05, 0) is 30.7 Å². The molecule has 1 saturated heterocycles. The predicted molar refractivity (Wildman–Crippen MR) is 71.9 cm³/mol. The summed E-state index contributed by atoms with van der Waals surface area (Å²) in [5.74, 6) is 0.774. The van der Waals surface area contributed by atoms with E-state index in [1.807, 2.05) is 6.07 Å². The number of nitrogens with one attached hydrogen (secondary N) is 1. The van der Waals surface area contributed by atoms with Crippen molar-refractivity contribution in [1.82, 2.24) is 9.97 Å². The van der Waals surface area contributed by atoms with Crippen molar-refractivity contribution >= 4 is 22.8 Å². The normalized spacial score (nSPS) is 19.3. The first-order chi connectivity index (χ1) is 9.17. The number of pyridine rings is 2. The Kier molecular flexibility index (Phi) is 2.79. The lowest BCUT2D eigenvalue weighted by Gasteiger charge is -2.15. The largest absolute Gasteiger partial charge is 0.330 e. The van der Waals surface area contributed by atoms with Gasteiger partial charge >= 0.3 is 0 Å². The van der Waals surface area contributed by atoms with Crippen LogP contribution >= 0.6 is 0 Å². The summed E-state index contributed by atoms with van der Waals surface area (Å²) >= 11 is 0. The Balaban J connectivity index is 2.01. The zero-order chi connectivity index (χ0) is 13.4. The van der Waals surface area contributed by atoms with E-state index >= 15 is 0 Å². The molecule has 0 aliphatic carbocycles. The summed E-state index contributed by atoms with van der Waals surface area (Å²) in [6.45, 7) is 1.08. The highest BCUT2D eigenvalue weighted by molar-refractivity contribution is 5.95. The quantitative estimate of drug-likeness (QED) is 0.806. The van der Waals surface area contributed by atoms with Crippen LogP contribution < -0.4 is 16.2 Å². The topological polar surface area (TPSA) is 92.1 Å². The van der Waals surface area contributed by atoms with Crippen LogP contribution in [-0.4, -0.2) is 29.0 Å². The van der Waals surface area contributed by atoms with E-state index in [-0.39, 0.29) is 17.4 Å². The van der Waals surface area contributed by atoms with Crippen molar-refractivity contribution < 1.29 is 4.79 Å². The summed E-state index contributed by atoms with van der Waals surface area (Å²) in [5.41, 5.74) is 5.89. The molecule has 1 aliphatic heterocycles. The summed E-state index contributed by atoms with van der Waals surface area (Å²) in [7, 11) is 0. The first-order valence-corrected chi connectivity index (χ1v) is 6.18. The summed E-state index contributed by atoms with van der Waals surface area (Å²) < 4.78 is 0. The molecule has 98 valence electrons. The van der Waals surface area contributed by atoms with Crippen LogP contribution in [0.3, 0.4) is 0 Å². The first-order valence-electron chi connectivity index (χ1n) is 6.18. The molecule has 0 aromatic carbocycles. The Bertz CT molecular complexity index is 694. The number of amides is 1. The molecule has 1 aliphatic rings. The molecule has 0 radical (unpaired) electrons. The standard InChI is InChI=1S/C13H14N4O2/c14-6-8-5-12(19)17(7-8)10-3-1-9-2-4-11(18)16-13(9)15-10/h1-4,8H,5-7,14H2,(H,15,16,18). The number of rotatable bonds is 2. The zero-order valence-corrected chi connectivity index (χ0v) is 10.3. The molecular formula is C13H14N4O2. The number of hydrogen-bond donors (Lipinski definition) is 2. The van der Waals surface area contributed by atoms with Gasteiger partial charge in [0.25, 0.3) is 0 Å². The van der Waals surface area contributed by atoms with Gasteiger partial charge in [-0.2, -0.15) is 0 Å². The monoisotopic (exact) mass is 258 g/mol. The van der Waals surface area contributed by atoms with Crippen LogP contribution in [0.15, 0.2) is 29.1 Å². The van der Waals surface area contributed by atoms with E-state index in [1.54, 1.807) is 17.0 Å². The fourth-order valence-electron chi connectivity index (χ4n) is 2.33. The molecular weight excluding hydrogens is 244 g/mol. The number of nitrogens with two attached hydrogens (primary N) is 1. The number of hydrogen-bond acceptors (Lipinski definition) is 4. The third-order valence-corrected chi connectivity index (χ3v) is 3.38. The van der Waals surface area contributed by atoms with Crippen molar-refractivity contribution in [3.8, 4) is 0 Å². The molecule has 1 unspecified atom stereocenters. The van der Waals surface area contributed by atoms with E-state index in [1.165, 1.54) is 6.07 Å². The number of fused-ring (bicyclic) bond motifs is 1. The molecule has 1 fully saturated rings. The van der Waals surface area contributed by atoms with Crippen molar-refractivity contribution in [1.29, 1.82) is 0 Å². The summed E-state index contributed by atoms with van der Waals surface area (Å²) in [5, 5.41) is 0.838. The maximum absolute atomic E-state index is 11.9. The summed E-state index contributed by atoms with van der Waals surface area (Å²) in [6.07, 6.45) is 0.460. The molecule has 19 heavy (non-hydrogen) atoms. The van der Waals surface area contributed by atoms with Crippen LogP contribution in [0.5, 0.6) is 0 Å². The highest BCUT2D eigenvalue weighted by atomic mass is 16.2. The lowest BCUT2D eigenvalue weighted by molar-refractivity contribution is -0.117. The van der Waals surface area contributed by atoms with Gasteiger partial charge in [0.05, 0.1) is 0 Å². The Morgan fingerprint density at radius 3 is 2.84 bits per heavy atom. The number of aromatic nitrogens is 2. The molecule has 2 aromatic heterocycles. The number of nitrogens with zero attached hydrogens (tertiary/aromatic N) is 2. The van der Waals surface area contributed by atoms with Gasteiger partial charge in [0, 0.05) is 24.4 Å². The van der Waals surface area contributed by atoms with Crippen LogP contribution in [-0.2, 0) is 4.79 Å². The third kappa shape index (κ3) is 2.10. The molecule has 3 rings (SSSR count).